The standard InChI is InChI=1S/C12H13ClFNO4/c1-19-10(12(17)18)6-15-11(16)4-7-2-3-8(14)5-9(7)13/h2-3,5,10H,4,6H2,1H3,(H,15,16)(H,17,18). The first kappa shape index (κ1) is 15.4. The van der Waals surface area contributed by atoms with Crippen LogP contribution in [0.2, 0.25) is 5.02 Å². The van der Waals surface area contributed by atoms with Gasteiger partial charge in [-0.25, -0.2) is 9.18 Å². The van der Waals surface area contributed by atoms with E-state index in [1.165, 1.54) is 19.2 Å². The zero-order chi connectivity index (χ0) is 14.4. The summed E-state index contributed by atoms with van der Waals surface area (Å²) in [5.41, 5.74) is 0.463. The first-order valence-electron chi connectivity index (χ1n) is 5.40. The predicted molar refractivity (Wildman–Crippen MR) is 66.6 cm³/mol. The number of ether oxygens (including phenoxy) is 1. The number of carboxylic acids is 1. The molecule has 0 fully saturated rings. The van der Waals surface area contributed by atoms with Crippen molar-refractivity contribution in [1.82, 2.24) is 5.32 Å². The number of carbonyl (C=O) groups is 2. The van der Waals surface area contributed by atoms with Gasteiger partial charge in [-0.15, -0.1) is 0 Å². The van der Waals surface area contributed by atoms with Gasteiger partial charge in [0.25, 0.3) is 0 Å². The van der Waals surface area contributed by atoms with Crippen LogP contribution < -0.4 is 5.32 Å². The van der Waals surface area contributed by atoms with Gasteiger partial charge < -0.3 is 15.2 Å². The highest BCUT2D eigenvalue weighted by atomic mass is 35.5. The van der Waals surface area contributed by atoms with Crippen molar-refractivity contribution in [1.29, 1.82) is 0 Å². The monoisotopic (exact) mass is 289 g/mol. The number of carbonyl (C=O) groups excluding carboxylic acids is 1. The maximum atomic E-state index is 12.8. The lowest BCUT2D eigenvalue weighted by Gasteiger charge is -2.11. The van der Waals surface area contributed by atoms with Gasteiger partial charge in [-0.1, -0.05) is 17.7 Å². The molecule has 0 aromatic heterocycles. The van der Waals surface area contributed by atoms with Crippen LogP contribution in [-0.4, -0.2) is 36.7 Å². The second-order valence-corrected chi connectivity index (χ2v) is 4.19. The number of amides is 1. The van der Waals surface area contributed by atoms with Crippen molar-refractivity contribution < 1.29 is 23.8 Å². The lowest BCUT2D eigenvalue weighted by molar-refractivity contribution is -0.148. The lowest BCUT2D eigenvalue weighted by atomic mass is 10.1. The molecule has 0 heterocycles. The van der Waals surface area contributed by atoms with Crippen LogP contribution in [0.25, 0.3) is 0 Å². The van der Waals surface area contributed by atoms with E-state index in [1.807, 2.05) is 0 Å². The SMILES string of the molecule is COC(CNC(=O)Cc1ccc(F)cc1Cl)C(=O)O. The first-order chi connectivity index (χ1) is 8.93. The Kier molecular flexibility index (Phi) is 5.72. The zero-order valence-electron chi connectivity index (χ0n) is 10.2. The predicted octanol–water partition coefficient (Wildman–Crippen LogP) is 1.24. The third kappa shape index (κ3) is 4.84. The molecule has 1 aromatic rings. The minimum Gasteiger partial charge on any atom is -0.479 e. The third-order valence-corrected chi connectivity index (χ3v) is 2.76. The van der Waals surface area contributed by atoms with Crippen molar-refractivity contribution in [3.8, 4) is 0 Å². The molecule has 2 N–H and O–H groups in total. The molecule has 0 saturated carbocycles. The molecule has 104 valence electrons. The molecular formula is C12H13ClFNO4. The molecule has 0 saturated heterocycles. The van der Waals surface area contributed by atoms with Crippen LogP contribution in [-0.2, 0) is 20.7 Å². The molecule has 1 unspecified atom stereocenters. The molecule has 0 spiro atoms. The highest BCUT2D eigenvalue weighted by molar-refractivity contribution is 6.31. The third-order valence-electron chi connectivity index (χ3n) is 2.41. The van der Waals surface area contributed by atoms with Crippen molar-refractivity contribution >= 4 is 23.5 Å². The molecule has 1 amide bonds. The Bertz CT molecular complexity index is 481. The number of hydrogen-bond acceptors (Lipinski definition) is 3. The summed E-state index contributed by atoms with van der Waals surface area (Å²) in [5.74, 6) is -2.07. The maximum Gasteiger partial charge on any atom is 0.334 e. The second kappa shape index (κ2) is 7.06. The number of halogens is 2. The lowest BCUT2D eigenvalue weighted by Crippen LogP contribution is -2.38. The molecule has 1 atom stereocenters. The molecule has 0 bridgehead atoms. The zero-order valence-corrected chi connectivity index (χ0v) is 10.9. The van der Waals surface area contributed by atoms with Crippen molar-refractivity contribution in [3.05, 3.63) is 34.6 Å². The molecule has 0 radical (unpaired) electrons. The van der Waals surface area contributed by atoms with E-state index >= 15 is 0 Å². The summed E-state index contributed by atoms with van der Waals surface area (Å²) < 4.78 is 17.5. The molecular weight excluding hydrogens is 277 g/mol. The smallest absolute Gasteiger partial charge is 0.334 e. The fourth-order valence-corrected chi connectivity index (χ4v) is 1.61. The van der Waals surface area contributed by atoms with E-state index in [-0.39, 0.29) is 18.0 Å². The first-order valence-corrected chi connectivity index (χ1v) is 5.78. The van der Waals surface area contributed by atoms with E-state index in [1.54, 1.807) is 0 Å². The van der Waals surface area contributed by atoms with Gasteiger partial charge >= 0.3 is 5.97 Å². The van der Waals surface area contributed by atoms with Crippen LogP contribution >= 0.6 is 11.6 Å². The summed E-state index contributed by atoms with van der Waals surface area (Å²) in [7, 11) is 1.24. The molecule has 19 heavy (non-hydrogen) atoms. The van der Waals surface area contributed by atoms with Gasteiger partial charge in [0.2, 0.25) is 5.91 Å². The highest BCUT2D eigenvalue weighted by Crippen LogP contribution is 2.17. The van der Waals surface area contributed by atoms with Gasteiger partial charge in [-0.2, -0.15) is 0 Å². The van der Waals surface area contributed by atoms with E-state index in [2.05, 4.69) is 10.1 Å². The van der Waals surface area contributed by atoms with Crippen molar-refractivity contribution in [2.75, 3.05) is 13.7 Å². The van der Waals surface area contributed by atoms with Crippen LogP contribution in [0.1, 0.15) is 5.56 Å². The van der Waals surface area contributed by atoms with E-state index in [9.17, 15) is 14.0 Å². The molecule has 0 aliphatic heterocycles. The van der Waals surface area contributed by atoms with Gasteiger partial charge in [0.05, 0.1) is 13.0 Å². The normalized spacial score (nSPS) is 11.9. The Morgan fingerprint density at radius 2 is 2.21 bits per heavy atom. The summed E-state index contributed by atoms with van der Waals surface area (Å²) >= 11 is 5.78. The van der Waals surface area contributed by atoms with Crippen LogP contribution in [0.3, 0.4) is 0 Å². The van der Waals surface area contributed by atoms with Gasteiger partial charge in [-0.3, -0.25) is 4.79 Å². The average molecular weight is 290 g/mol. The summed E-state index contributed by atoms with van der Waals surface area (Å²) in [6, 6.07) is 3.71. The molecule has 1 rings (SSSR count). The van der Waals surface area contributed by atoms with Crippen molar-refractivity contribution in [2.45, 2.75) is 12.5 Å². The van der Waals surface area contributed by atoms with E-state index in [0.29, 0.717) is 5.56 Å². The number of aliphatic carboxylic acids is 1. The number of nitrogens with one attached hydrogen (secondary N) is 1. The Labute approximate surface area is 114 Å². The van der Waals surface area contributed by atoms with Crippen molar-refractivity contribution in [3.63, 3.8) is 0 Å². The number of hydrogen-bond donors (Lipinski definition) is 2. The largest absolute Gasteiger partial charge is 0.479 e. The summed E-state index contributed by atoms with van der Waals surface area (Å²) in [6.07, 6.45) is -1.16. The quantitative estimate of drug-likeness (QED) is 0.826. The number of carboxylic acid groups (broad SMARTS) is 1. The Balaban J connectivity index is 2.53. The van der Waals surface area contributed by atoms with Gasteiger partial charge in [0.15, 0.2) is 6.10 Å². The van der Waals surface area contributed by atoms with Crippen LogP contribution in [0, 0.1) is 5.82 Å². The minimum atomic E-state index is -1.16. The van der Waals surface area contributed by atoms with Gasteiger partial charge in [-0.05, 0) is 17.7 Å². The molecule has 1 aromatic carbocycles. The number of methoxy groups -OCH3 is 1. The van der Waals surface area contributed by atoms with E-state index in [4.69, 9.17) is 16.7 Å². The average Bonchev–Trinajstić information content (AvgIpc) is 2.33. The summed E-state index contributed by atoms with van der Waals surface area (Å²) in [5, 5.41) is 11.3. The molecule has 0 aliphatic rings. The fraction of sp³-hybridized carbons (Fsp3) is 0.333. The fourth-order valence-electron chi connectivity index (χ4n) is 1.38. The number of benzene rings is 1. The van der Waals surface area contributed by atoms with Gasteiger partial charge in [0.1, 0.15) is 5.82 Å². The maximum absolute atomic E-state index is 12.8. The van der Waals surface area contributed by atoms with Gasteiger partial charge in [0, 0.05) is 12.1 Å². The topological polar surface area (TPSA) is 75.6 Å². The summed E-state index contributed by atoms with van der Waals surface area (Å²) in [6.45, 7) is -0.149. The minimum absolute atomic E-state index is 0.0604. The van der Waals surface area contributed by atoms with E-state index in [0.717, 1.165) is 6.07 Å². The second-order valence-electron chi connectivity index (χ2n) is 3.78. The van der Waals surface area contributed by atoms with Crippen LogP contribution in [0.5, 0.6) is 0 Å². The summed E-state index contributed by atoms with van der Waals surface area (Å²) in [4.78, 5) is 22.2. The Morgan fingerprint density at radius 1 is 1.53 bits per heavy atom. The van der Waals surface area contributed by atoms with E-state index < -0.39 is 23.8 Å². The Hall–Kier alpha value is -1.66. The van der Waals surface area contributed by atoms with Crippen LogP contribution in [0.15, 0.2) is 18.2 Å². The van der Waals surface area contributed by atoms with Crippen molar-refractivity contribution in [2.24, 2.45) is 0 Å². The number of rotatable bonds is 6. The molecule has 0 aliphatic carbocycles. The van der Waals surface area contributed by atoms with Crippen LogP contribution in [0.4, 0.5) is 4.39 Å². The molecule has 5 nitrogen and oxygen atoms in total. The molecule has 7 heteroatoms. The Morgan fingerprint density at radius 3 is 2.74 bits per heavy atom. The highest BCUT2D eigenvalue weighted by Gasteiger charge is 2.17.